The summed E-state index contributed by atoms with van der Waals surface area (Å²) < 4.78 is 65.0. The van der Waals surface area contributed by atoms with Gasteiger partial charge in [0.15, 0.2) is 0 Å². The second-order valence-corrected chi connectivity index (χ2v) is 8.40. The first-order chi connectivity index (χ1) is 13.1. The van der Waals surface area contributed by atoms with Gasteiger partial charge in [-0.05, 0) is 24.3 Å². The van der Waals surface area contributed by atoms with Gasteiger partial charge in [-0.25, -0.2) is 13.4 Å². The molecule has 1 fully saturated rings. The van der Waals surface area contributed by atoms with Crippen LogP contribution in [-0.4, -0.2) is 43.9 Å². The molecule has 1 saturated heterocycles. The fourth-order valence-electron chi connectivity index (χ4n) is 2.83. The Kier molecular flexibility index (Phi) is 5.52. The number of anilines is 1. The molecule has 0 unspecified atom stereocenters. The van der Waals surface area contributed by atoms with Crippen LogP contribution in [0, 0.1) is 11.3 Å². The third-order valence-electron chi connectivity index (χ3n) is 4.29. The van der Waals surface area contributed by atoms with E-state index in [1.807, 2.05) is 6.07 Å². The molecule has 0 aliphatic carbocycles. The number of piperazine rings is 1. The van der Waals surface area contributed by atoms with Gasteiger partial charge in [-0.15, -0.1) is 0 Å². The lowest BCUT2D eigenvalue weighted by molar-refractivity contribution is -0.137. The number of nitrogens with zero attached hydrogens (tertiary/aromatic N) is 4. The van der Waals surface area contributed by atoms with Crippen LogP contribution in [0.25, 0.3) is 0 Å². The van der Waals surface area contributed by atoms with Crippen LogP contribution in [0.1, 0.15) is 11.1 Å². The summed E-state index contributed by atoms with van der Waals surface area (Å²) in [5.41, 5.74) is -0.708. The number of alkyl halides is 3. The number of nitriles is 1. The lowest BCUT2D eigenvalue weighted by atomic mass is 10.2. The van der Waals surface area contributed by atoms with Crippen molar-refractivity contribution < 1.29 is 21.6 Å². The number of benzene rings is 1. The monoisotopic (exact) mass is 430 g/mol. The van der Waals surface area contributed by atoms with E-state index in [1.54, 1.807) is 4.90 Å². The fraction of sp³-hybridized carbons (Fsp3) is 0.294. The molecule has 3 rings (SSSR count). The van der Waals surface area contributed by atoms with Crippen molar-refractivity contribution >= 4 is 27.4 Å². The van der Waals surface area contributed by atoms with E-state index in [9.17, 15) is 21.6 Å². The largest absolute Gasteiger partial charge is 0.417 e. The van der Waals surface area contributed by atoms with Crippen LogP contribution in [0.3, 0.4) is 0 Å². The number of hydrogen-bond donors (Lipinski definition) is 0. The maximum atomic E-state index is 12.8. The van der Waals surface area contributed by atoms with Crippen molar-refractivity contribution in [2.45, 2.75) is 11.1 Å². The number of rotatable bonds is 3. The predicted molar refractivity (Wildman–Crippen MR) is 96.4 cm³/mol. The van der Waals surface area contributed by atoms with Crippen molar-refractivity contribution in [2.24, 2.45) is 0 Å². The first-order valence-corrected chi connectivity index (χ1v) is 9.93. The molecule has 0 N–H and O–H groups in total. The molecule has 1 aromatic heterocycles. The highest BCUT2D eigenvalue weighted by atomic mass is 35.5. The van der Waals surface area contributed by atoms with E-state index in [2.05, 4.69) is 4.98 Å². The van der Waals surface area contributed by atoms with Crippen LogP contribution in [0.5, 0.6) is 0 Å². The van der Waals surface area contributed by atoms with E-state index >= 15 is 0 Å². The van der Waals surface area contributed by atoms with Gasteiger partial charge in [0, 0.05) is 32.4 Å². The summed E-state index contributed by atoms with van der Waals surface area (Å²) in [4.78, 5) is 5.46. The molecule has 1 aliphatic rings. The minimum absolute atomic E-state index is 0.0192. The van der Waals surface area contributed by atoms with Crippen LogP contribution >= 0.6 is 11.6 Å². The molecule has 28 heavy (non-hydrogen) atoms. The number of aromatic nitrogens is 1. The van der Waals surface area contributed by atoms with E-state index < -0.39 is 21.8 Å². The minimum Gasteiger partial charge on any atom is -0.353 e. The van der Waals surface area contributed by atoms with Gasteiger partial charge >= 0.3 is 6.18 Å². The Hall–Kier alpha value is -2.35. The quantitative estimate of drug-likeness (QED) is 0.747. The highest BCUT2D eigenvalue weighted by Crippen LogP contribution is 2.34. The van der Waals surface area contributed by atoms with Gasteiger partial charge in [0.25, 0.3) is 0 Å². The van der Waals surface area contributed by atoms with E-state index in [0.717, 1.165) is 6.07 Å². The molecule has 2 aromatic rings. The molecule has 0 saturated carbocycles. The van der Waals surface area contributed by atoms with E-state index in [1.165, 1.54) is 28.6 Å². The first kappa shape index (κ1) is 20.4. The van der Waals surface area contributed by atoms with E-state index in [0.29, 0.717) is 6.20 Å². The standard InChI is InChI=1S/C17H14ClF3N4O2S/c18-15-9-13(17(19,20)21)11-23-16(15)24-4-6-25(7-5-24)28(26,27)14-3-1-2-12(8-14)10-22/h1-3,8-9,11H,4-7H2. The maximum absolute atomic E-state index is 12.8. The molecule has 11 heteroatoms. The van der Waals surface area contributed by atoms with Crippen molar-refractivity contribution in [2.75, 3.05) is 31.1 Å². The third kappa shape index (κ3) is 4.06. The topological polar surface area (TPSA) is 77.3 Å². The summed E-state index contributed by atoms with van der Waals surface area (Å²) in [5.74, 6) is 0.179. The van der Waals surface area contributed by atoms with Gasteiger partial charge in [-0.2, -0.15) is 22.7 Å². The number of pyridine rings is 1. The Balaban J connectivity index is 1.75. The van der Waals surface area contributed by atoms with Gasteiger partial charge in [0.05, 0.1) is 27.1 Å². The average Bonchev–Trinajstić information content (AvgIpc) is 2.67. The van der Waals surface area contributed by atoms with Gasteiger partial charge in [0.2, 0.25) is 10.0 Å². The Bertz CT molecular complexity index is 1030. The number of halogens is 4. The summed E-state index contributed by atoms with van der Waals surface area (Å²) in [6.45, 7) is 0.654. The zero-order valence-corrected chi connectivity index (χ0v) is 15.9. The molecule has 1 aliphatic heterocycles. The molecule has 0 bridgehead atoms. The lowest BCUT2D eigenvalue weighted by Crippen LogP contribution is -2.49. The van der Waals surface area contributed by atoms with Gasteiger partial charge in [-0.1, -0.05) is 17.7 Å². The fourth-order valence-corrected chi connectivity index (χ4v) is 4.59. The van der Waals surface area contributed by atoms with Gasteiger partial charge in [-0.3, -0.25) is 0 Å². The molecular formula is C17H14ClF3N4O2S. The maximum Gasteiger partial charge on any atom is 0.417 e. The van der Waals surface area contributed by atoms with Gasteiger partial charge < -0.3 is 4.90 Å². The predicted octanol–water partition coefficient (Wildman–Crippen LogP) is 3.14. The summed E-state index contributed by atoms with van der Waals surface area (Å²) in [6.07, 6.45) is -3.84. The number of hydrogen-bond acceptors (Lipinski definition) is 5. The molecule has 1 aromatic carbocycles. The molecular weight excluding hydrogens is 417 g/mol. The molecule has 2 heterocycles. The molecule has 0 radical (unpaired) electrons. The Morgan fingerprint density at radius 3 is 2.39 bits per heavy atom. The van der Waals surface area contributed by atoms with Crippen molar-refractivity contribution in [1.29, 1.82) is 5.26 Å². The molecule has 6 nitrogen and oxygen atoms in total. The highest BCUT2D eigenvalue weighted by molar-refractivity contribution is 7.89. The van der Waals surface area contributed by atoms with Crippen LogP contribution in [-0.2, 0) is 16.2 Å². The van der Waals surface area contributed by atoms with Crippen LogP contribution in [0.15, 0.2) is 41.4 Å². The van der Waals surface area contributed by atoms with Crippen molar-refractivity contribution in [3.8, 4) is 6.07 Å². The average molecular weight is 431 g/mol. The van der Waals surface area contributed by atoms with Gasteiger partial charge in [0.1, 0.15) is 5.82 Å². The zero-order valence-electron chi connectivity index (χ0n) is 14.3. The SMILES string of the molecule is N#Cc1cccc(S(=O)(=O)N2CCN(c3ncc(C(F)(F)F)cc3Cl)CC2)c1. The lowest BCUT2D eigenvalue weighted by Gasteiger charge is -2.35. The van der Waals surface area contributed by atoms with Crippen LogP contribution < -0.4 is 4.90 Å². The van der Waals surface area contributed by atoms with Crippen molar-refractivity contribution in [3.63, 3.8) is 0 Å². The van der Waals surface area contributed by atoms with E-state index in [4.69, 9.17) is 16.9 Å². The Morgan fingerprint density at radius 2 is 1.82 bits per heavy atom. The first-order valence-electron chi connectivity index (χ1n) is 8.11. The molecule has 0 spiro atoms. The summed E-state index contributed by atoms with van der Waals surface area (Å²) in [6, 6.07) is 8.42. The molecule has 148 valence electrons. The highest BCUT2D eigenvalue weighted by Gasteiger charge is 2.33. The number of sulfonamides is 1. The Labute approximate surface area is 164 Å². The van der Waals surface area contributed by atoms with E-state index in [-0.39, 0.29) is 47.5 Å². The second-order valence-electron chi connectivity index (χ2n) is 6.06. The zero-order chi connectivity index (χ0) is 20.5. The van der Waals surface area contributed by atoms with Crippen LogP contribution in [0.4, 0.5) is 19.0 Å². The minimum atomic E-state index is -4.54. The third-order valence-corrected chi connectivity index (χ3v) is 6.46. The van der Waals surface area contributed by atoms with Crippen molar-refractivity contribution in [1.82, 2.24) is 9.29 Å². The van der Waals surface area contributed by atoms with Crippen LogP contribution in [0.2, 0.25) is 5.02 Å². The summed E-state index contributed by atoms with van der Waals surface area (Å²) in [7, 11) is -3.78. The molecule has 0 atom stereocenters. The van der Waals surface area contributed by atoms with Crippen molar-refractivity contribution in [3.05, 3.63) is 52.7 Å². The molecule has 0 amide bonds. The normalized spacial score (nSPS) is 16.0. The smallest absolute Gasteiger partial charge is 0.353 e. The summed E-state index contributed by atoms with van der Waals surface area (Å²) >= 11 is 5.96. The summed E-state index contributed by atoms with van der Waals surface area (Å²) in [5, 5.41) is 8.79. The Morgan fingerprint density at radius 1 is 1.14 bits per heavy atom. The second kappa shape index (κ2) is 7.58.